The number of piperidine rings is 1. The number of rotatable bonds is 7. The van der Waals surface area contributed by atoms with Gasteiger partial charge in [-0.3, -0.25) is 4.79 Å². The molecule has 0 aromatic heterocycles. The van der Waals surface area contributed by atoms with Gasteiger partial charge in [0.25, 0.3) is 0 Å². The molecule has 1 heterocycles. The third kappa shape index (κ3) is 5.25. The number of sulfonamides is 1. The van der Waals surface area contributed by atoms with E-state index in [2.05, 4.69) is 19.2 Å². The summed E-state index contributed by atoms with van der Waals surface area (Å²) in [5.41, 5.74) is 4.00. The van der Waals surface area contributed by atoms with Crippen molar-refractivity contribution in [1.82, 2.24) is 4.31 Å². The predicted molar refractivity (Wildman–Crippen MR) is 117 cm³/mol. The van der Waals surface area contributed by atoms with E-state index < -0.39 is 10.0 Å². The largest absolute Gasteiger partial charge is 0.325 e. The monoisotopic (exact) mass is 414 g/mol. The van der Waals surface area contributed by atoms with E-state index in [1.54, 1.807) is 0 Å². The van der Waals surface area contributed by atoms with Gasteiger partial charge >= 0.3 is 0 Å². The first kappa shape index (κ1) is 21.5. The van der Waals surface area contributed by atoms with Gasteiger partial charge in [0.15, 0.2) is 0 Å². The van der Waals surface area contributed by atoms with Gasteiger partial charge in [-0.1, -0.05) is 62.4 Å². The molecule has 1 aliphatic rings. The molecule has 3 rings (SSSR count). The van der Waals surface area contributed by atoms with Crippen LogP contribution < -0.4 is 5.32 Å². The van der Waals surface area contributed by atoms with Crippen molar-refractivity contribution in [2.24, 2.45) is 5.92 Å². The Morgan fingerprint density at radius 3 is 2.10 bits per heavy atom. The Kier molecular flexibility index (Phi) is 7.09. The third-order valence-corrected chi connectivity index (χ3v) is 7.51. The van der Waals surface area contributed by atoms with Crippen LogP contribution in [0.2, 0.25) is 0 Å². The maximum absolute atomic E-state index is 12.9. The van der Waals surface area contributed by atoms with Gasteiger partial charge in [0.2, 0.25) is 15.9 Å². The molecule has 1 aliphatic heterocycles. The molecule has 0 radical (unpaired) electrons. The van der Waals surface area contributed by atoms with E-state index in [0.717, 1.165) is 35.2 Å². The van der Waals surface area contributed by atoms with Crippen molar-refractivity contribution in [2.75, 3.05) is 18.4 Å². The lowest BCUT2D eigenvalue weighted by atomic mass is 9.96. The van der Waals surface area contributed by atoms with Crippen LogP contribution in [0.4, 0.5) is 5.69 Å². The Hall–Kier alpha value is -2.18. The topological polar surface area (TPSA) is 66.5 Å². The van der Waals surface area contributed by atoms with Crippen LogP contribution in [0.5, 0.6) is 0 Å². The lowest BCUT2D eigenvalue weighted by Gasteiger charge is -2.31. The molecule has 1 fully saturated rings. The molecule has 1 N–H and O–H groups in total. The molecule has 2 aromatic rings. The van der Waals surface area contributed by atoms with Crippen molar-refractivity contribution >= 4 is 21.6 Å². The average Bonchev–Trinajstić information content (AvgIpc) is 2.74. The summed E-state index contributed by atoms with van der Waals surface area (Å²) in [4.78, 5) is 12.9. The fraction of sp³-hybridized carbons (Fsp3) is 0.435. The summed E-state index contributed by atoms with van der Waals surface area (Å²) in [6.45, 7) is 4.95. The van der Waals surface area contributed by atoms with Gasteiger partial charge in [-0.15, -0.1) is 0 Å². The zero-order chi connectivity index (χ0) is 20.9. The van der Waals surface area contributed by atoms with Crippen LogP contribution in [-0.2, 0) is 33.4 Å². The van der Waals surface area contributed by atoms with Gasteiger partial charge in [0, 0.05) is 24.7 Å². The molecule has 0 spiro atoms. The Labute approximate surface area is 174 Å². The van der Waals surface area contributed by atoms with Crippen LogP contribution in [0.15, 0.2) is 48.5 Å². The maximum atomic E-state index is 12.9. The van der Waals surface area contributed by atoms with Crippen molar-refractivity contribution in [3.63, 3.8) is 0 Å². The molecule has 1 amide bonds. The Bertz CT molecular complexity index is 912. The van der Waals surface area contributed by atoms with Gasteiger partial charge in [-0.05, 0) is 42.4 Å². The summed E-state index contributed by atoms with van der Waals surface area (Å²) in [5.74, 6) is -0.150. The highest BCUT2D eigenvalue weighted by Crippen LogP contribution is 2.26. The third-order valence-electron chi connectivity index (χ3n) is 5.66. The number of para-hydroxylation sites is 1. The first-order valence-corrected chi connectivity index (χ1v) is 12.0. The van der Waals surface area contributed by atoms with E-state index >= 15 is 0 Å². The molecule has 0 unspecified atom stereocenters. The summed E-state index contributed by atoms with van der Waals surface area (Å²) in [6, 6.07) is 15.4. The molecule has 1 saturated heterocycles. The molecule has 0 aliphatic carbocycles. The minimum absolute atomic E-state index is 0.000655. The average molecular weight is 415 g/mol. The SMILES string of the molecule is CCc1cccc(CC)c1NC(=O)C1CCN(S(=O)(=O)Cc2ccccc2)CC1. The summed E-state index contributed by atoms with van der Waals surface area (Å²) in [5, 5.41) is 3.14. The second kappa shape index (κ2) is 9.55. The highest BCUT2D eigenvalue weighted by molar-refractivity contribution is 7.88. The second-order valence-electron chi connectivity index (χ2n) is 7.56. The van der Waals surface area contributed by atoms with Crippen LogP contribution in [0.25, 0.3) is 0 Å². The van der Waals surface area contributed by atoms with Crippen LogP contribution in [0, 0.1) is 5.92 Å². The zero-order valence-electron chi connectivity index (χ0n) is 17.2. The molecule has 5 nitrogen and oxygen atoms in total. The lowest BCUT2D eigenvalue weighted by molar-refractivity contribution is -0.120. The number of hydrogen-bond donors (Lipinski definition) is 1. The van der Waals surface area contributed by atoms with E-state index in [1.165, 1.54) is 4.31 Å². The quantitative estimate of drug-likeness (QED) is 0.745. The lowest BCUT2D eigenvalue weighted by Crippen LogP contribution is -2.42. The zero-order valence-corrected chi connectivity index (χ0v) is 18.0. The van der Waals surface area contributed by atoms with Crippen LogP contribution in [0.3, 0.4) is 0 Å². The molecule has 0 bridgehead atoms. The van der Waals surface area contributed by atoms with E-state index in [-0.39, 0.29) is 17.6 Å². The smallest absolute Gasteiger partial charge is 0.227 e. The van der Waals surface area contributed by atoms with E-state index in [4.69, 9.17) is 0 Å². The summed E-state index contributed by atoms with van der Waals surface area (Å²) < 4.78 is 27.0. The van der Waals surface area contributed by atoms with Crippen molar-refractivity contribution in [2.45, 2.75) is 45.3 Å². The number of hydrogen-bond acceptors (Lipinski definition) is 3. The molecule has 0 atom stereocenters. The van der Waals surface area contributed by atoms with Gasteiger partial charge in [-0.25, -0.2) is 12.7 Å². The number of nitrogens with zero attached hydrogens (tertiary/aromatic N) is 1. The molecule has 156 valence electrons. The van der Waals surface area contributed by atoms with Crippen LogP contribution >= 0.6 is 0 Å². The van der Waals surface area contributed by atoms with Gasteiger partial charge in [-0.2, -0.15) is 0 Å². The minimum Gasteiger partial charge on any atom is -0.325 e. The normalized spacial score (nSPS) is 15.9. The summed E-state index contributed by atoms with van der Waals surface area (Å²) in [6.07, 6.45) is 2.82. The number of anilines is 1. The van der Waals surface area contributed by atoms with Crippen molar-refractivity contribution < 1.29 is 13.2 Å². The van der Waals surface area contributed by atoms with Crippen molar-refractivity contribution in [1.29, 1.82) is 0 Å². The highest BCUT2D eigenvalue weighted by atomic mass is 32.2. The van der Waals surface area contributed by atoms with Crippen LogP contribution in [0.1, 0.15) is 43.4 Å². The highest BCUT2D eigenvalue weighted by Gasteiger charge is 2.31. The van der Waals surface area contributed by atoms with Crippen molar-refractivity contribution in [3.05, 3.63) is 65.2 Å². The number of amides is 1. The van der Waals surface area contributed by atoms with E-state index in [0.29, 0.717) is 25.9 Å². The van der Waals surface area contributed by atoms with Gasteiger partial charge < -0.3 is 5.32 Å². The first-order chi connectivity index (χ1) is 13.9. The van der Waals surface area contributed by atoms with E-state index in [1.807, 2.05) is 48.5 Å². The van der Waals surface area contributed by atoms with Crippen LogP contribution in [-0.4, -0.2) is 31.7 Å². The summed E-state index contributed by atoms with van der Waals surface area (Å²) >= 11 is 0. The molecule has 0 saturated carbocycles. The Balaban J connectivity index is 1.62. The van der Waals surface area contributed by atoms with Gasteiger partial charge in [0.05, 0.1) is 5.75 Å². The molecule has 6 heteroatoms. The number of nitrogens with one attached hydrogen (secondary N) is 1. The molecule has 29 heavy (non-hydrogen) atoms. The standard InChI is InChI=1S/C23H30N2O3S/c1-3-19-11-8-12-20(4-2)22(19)24-23(26)21-13-15-25(16-14-21)29(27,28)17-18-9-6-5-7-10-18/h5-12,21H,3-4,13-17H2,1-2H3,(H,24,26). The van der Waals surface area contributed by atoms with Gasteiger partial charge in [0.1, 0.15) is 0 Å². The Morgan fingerprint density at radius 2 is 1.55 bits per heavy atom. The number of carbonyl (C=O) groups excluding carboxylic acids is 1. The number of aryl methyl sites for hydroxylation is 2. The molecule has 2 aromatic carbocycles. The Morgan fingerprint density at radius 1 is 0.966 bits per heavy atom. The second-order valence-corrected chi connectivity index (χ2v) is 9.53. The first-order valence-electron chi connectivity index (χ1n) is 10.4. The summed E-state index contributed by atoms with van der Waals surface area (Å²) in [7, 11) is -3.36. The minimum atomic E-state index is -3.36. The van der Waals surface area contributed by atoms with Crippen molar-refractivity contribution in [3.8, 4) is 0 Å². The maximum Gasteiger partial charge on any atom is 0.227 e. The fourth-order valence-electron chi connectivity index (χ4n) is 3.90. The number of benzene rings is 2. The predicted octanol–water partition coefficient (Wildman–Crippen LogP) is 3.99. The number of carbonyl (C=O) groups is 1. The van der Waals surface area contributed by atoms with E-state index in [9.17, 15) is 13.2 Å². The molecular formula is C23H30N2O3S. The molecular weight excluding hydrogens is 384 g/mol. The fourth-order valence-corrected chi connectivity index (χ4v) is 5.46.